The second-order valence-electron chi connectivity index (χ2n) is 4.07. The molecule has 0 radical (unpaired) electrons. The molecule has 0 atom stereocenters. The first-order chi connectivity index (χ1) is 5.33. The fourth-order valence-electron chi connectivity index (χ4n) is 0.664. The van der Waals surface area contributed by atoms with E-state index in [9.17, 15) is 4.79 Å². The number of aliphatic carboxylic acids is 1. The molecule has 0 unspecified atom stereocenters. The summed E-state index contributed by atoms with van der Waals surface area (Å²) in [4.78, 5) is 10.3. The second kappa shape index (κ2) is 4.26. The van der Waals surface area contributed by atoms with Crippen LogP contribution >= 0.6 is 0 Å². The van der Waals surface area contributed by atoms with Gasteiger partial charge in [0.1, 0.15) is 0 Å². The molecule has 0 aliphatic heterocycles. The minimum atomic E-state index is -0.934. The van der Waals surface area contributed by atoms with Crippen LogP contribution in [0.5, 0.6) is 0 Å². The molecule has 0 amide bonds. The van der Waals surface area contributed by atoms with Crippen LogP contribution < -0.4 is 5.32 Å². The highest BCUT2D eigenvalue weighted by molar-refractivity contribution is 5.86. The quantitative estimate of drug-likeness (QED) is 0.626. The first kappa shape index (κ1) is 11.2. The van der Waals surface area contributed by atoms with Gasteiger partial charge in [0.25, 0.3) is 0 Å². The van der Waals surface area contributed by atoms with Crippen molar-refractivity contribution in [3.8, 4) is 0 Å². The van der Waals surface area contributed by atoms with Crippen molar-refractivity contribution in [3.05, 3.63) is 12.2 Å². The molecule has 0 aliphatic carbocycles. The van der Waals surface area contributed by atoms with Crippen LogP contribution in [-0.2, 0) is 4.79 Å². The number of carboxylic acids is 1. The summed E-state index contributed by atoms with van der Waals surface area (Å²) in [7, 11) is 0. The van der Waals surface area contributed by atoms with Crippen LogP contribution in [0, 0.1) is 5.41 Å². The number of hydrogen-bond donors (Lipinski definition) is 2. The van der Waals surface area contributed by atoms with Crippen molar-refractivity contribution in [3.63, 3.8) is 0 Å². The molecular weight excluding hydrogens is 154 g/mol. The lowest BCUT2D eigenvalue weighted by atomic mass is 9.97. The van der Waals surface area contributed by atoms with E-state index in [1.54, 1.807) is 0 Å². The van der Waals surface area contributed by atoms with Gasteiger partial charge in [-0.15, -0.1) is 0 Å². The van der Waals surface area contributed by atoms with Crippen LogP contribution in [0.4, 0.5) is 0 Å². The van der Waals surface area contributed by atoms with E-state index in [0.29, 0.717) is 6.54 Å². The number of rotatable bonds is 4. The fourth-order valence-corrected chi connectivity index (χ4v) is 0.664. The molecule has 0 saturated carbocycles. The Labute approximate surface area is 73.5 Å². The van der Waals surface area contributed by atoms with Crippen molar-refractivity contribution in [1.82, 2.24) is 5.32 Å². The van der Waals surface area contributed by atoms with Gasteiger partial charge in [-0.05, 0) is 5.41 Å². The summed E-state index contributed by atoms with van der Waals surface area (Å²) < 4.78 is 0. The molecule has 12 heavy (non-hydrogen) atoms. The van der Waals surface area contributed by atoms with Crippen molar-refractivity contribution in [2.24, 2.45) is 5.41 Å². The molecule has 2 N–H and O–H groups in total. The van der Waals surface area contributed by atoms with Gasteiger partial charge in [-0.25, -0.2) is 4.79 Å². The molecule has 3 heteroatoms. The minimum absolute atomic E-state index is 0.179. The van der Waals surface area contributed by atoms with E-state index in [1.165, 1.54) is 0 Å². The highest BCUT2D eigenvalue weighted by Crippen LogP contribution is 2.10. The van der Waals surface area contributed by atoms with Crippen molar-refractivity contribution in [2.45, 2.75) is 20.8 Å². The Hall–Kier alpha value is -0.830. The lowest BCUT2D eigenvalue weighted by molar-refractivity contribution is -0.132. The molecule has 0 aliphatic rings. The average molecular weight is 171 g/mol. The van der Waals surface area contributed by atoms with Crippen molar-refractivity contribution in [2.75, 3.05) is 13.1 Å². The Morgan fingerprint density at radius 1 is 1.50 bits per heavy atom. The lowest BCUT2D eigenvalue weighted by Crippen LogP contribution is -2.29. The Bertz CT molecular complexity index is 179. The van der Waals surface area contributed by atoms with Gasteiger partial charge in [-0.1, -0.05) is 27.4 Å². The van der Waals surface area contributed by atoms with Crippen molar-refractivity contribution >= 4 is 5.97 Å². The predicted molar refractivity (Wildman–Crippen MR) is 49.1 cm³/mol. The van der Waals surface area contributed by atoms with E-state index >= 15 is 0 Å². The number of nitrogens with one attached hydrogen (secondary N) is 1. The highest BCUT2D eigenvalue weighted by atomic mass is 16.4. The Morgan fingerprint density at radius 3 is 2.33 bits per heavy atom. The lowest BCUT2D eigenvalue weighted by Gasteiger charge is -2.18. The molecule has 0 aromatic rings. The maximum absolute atomic E-state index is 10.3. The van der Waals surface area contributed by atoms with Crippen LogP contribution in [0.25, 0.3) is 0 Å². The van der Waals surface area contributed by atoms with Gasteiger partial charge in [-0.3, -0.25) is 0 Å². The van der Waals surface area contributed by atoms with Crippen LogP contribution in [0.15, 0.2) is 12.2 Å². The second-order valence-corrected chi connectivity index (χ2v) is 4.07. The predicted octanol–water partition coefficient (Wildman–Crippen LogP) is 1.26. The Balaban J connectivity index is 3.58. The van der Waals surface area contributed by atoms with E-state index in [0.717, 1.165) is 6.54 Å². The monoisotopic (exact) mass is 171 g/mol. The normalized spacial score (nSPS) is 11.2. The van der Waals surface area contributed by atoms with Crippen LogP contribution in [0.1, 0.15) is 20.8 Å². The van der Waals surface area contributed by atoms with Crippen molar-refractivity contribution < 1.29 is 9.90 Å². The number of carbonyl (C=O) groups is 1. The molecule has 0 aromatic heterocycles. The standard InChI is InChI=1S/C9H17NO2/c1-7(8(11)12)5-10-6-9(2,3)4/h10H,1,5-6H2,2-4H3,(H,11,12). The third kappa shape index (κ3) is 5.92. The summed E-state index contributed by atoms with van der Waals surface area (Å²) in [5.74, 6) is -0.934. The summed E-state index contributed by atoms with van der Waals surface area (Å²) >= 11 is 0. The SMILES string of the molecule is C=C(CNCC(C)(C)C)C(=O)O. The van der Waals surface area contributed by atoms with Gasteiger partial charge in [0.2, 0.25) is 0 Å². The molecular formula is C9H17NO2. The van der Waals surface area contributed by atoms with E-state index in [2.05, 4.69) is 32.7 Å². The van der Waals surface area contributed by atoms with E-state index in [1.807, 2.05) is 0 Å². The third-order valence-corrected chi connectivity index (χ3v) is 1.30. The molecule has 70 valence electrons. The van der Waals surface area contributed by atoms with Gasteiger partial charge in [0.05, 0.1) is 0 Å². The maximum Gasteiger partial charge on any atom is 0.332 e. The van der Waals surface area contributed by atoms with Crippen LogP contribution in [0.2, 0.25) is 0 Å². The van der Waals surface area contributed by atoms with Crippen molar-refractivity contribution in [1.29, 1.82) is 0 Å². The minimum Gasteiger partial charge on any atom is -0.478 e. The zero-order chi connectivity index (χ0) is 9.78. The average Bonchev–Trinajstić information content (AvgIpc) is 1.84. The molecule has 3 nitrogen and oxygen atoms in total. The van der Waals surface area contributed by atoms with Gasteiger partial charge in [0, 0.05) is 18.7 Å². The largest absolute Gasteiger partial charge is 0.478 e. The van der Waals surface area contributed by atoms with Gasteiger partial charge in [0.15, 0.2) is 0 Å². The van der Waals surface area contributed by atoms with Crippen LogP contribution in [0.3, 0.4) is 0 Å². The number of carboxylic acid groups (broad SMARTS) is 1. The van der Waals surface area contributed by atoms with E-state index in [4.69, 9.17) is 5.11 Å². The number of hydrogen-bond acceptors (Lipinski definition) is 2. The van der Waals surface area contributed by atoms with E-state index in [-0.39, 0.29) is 11.0 Å². The fraction of sp³-hybridized carbons (Fsp3) is 0.667. The molecule has 0 rings (SSSR count). The Kier molecular flexibility index (Phi) is 3.96. The molecule has 0 fully saturated rings. The molecule has 0 bridgehead atoms. The van der Waals surface area contributed by atoms with E-state index < -0.39 is 5.97 Å². The smallest absolute Gasteiger partial charge is 0.332 e. The van der Waals surface area contributed by atoms with Crippen LogP contribution in [-0.4, -0.2) is 24.2 Å². The van der Waals surface area contributed by atoms with Gasteiger partial charge in [-0.2, -0.15) is 0 Å². The molecule has 0 spiro atoms. The van der Waals surface area contributed by atoms with Gasteiger partial charge < -0.3 is 10.4 Å². The zero-order valence-electron chi connectivity index (χ0n) is 7.98. The summed E-state index contributed by atoms with van der Waals surface area (Å²) in [6.07, 6.45) is 0. The highest BCUT2D eigenvalue weighted by Gasteiger charge is 2.10. The summed E-state index contributed by atoms with van der Waals surface area (Å²) in [5.41, 5.74) is 0.387. The molecule has 0 saturated heterocycles. The third-order valence-electron chi connectivity index (χ3n) is 1.30. The first-order valence-electron chi connectivity index (χ1n) is 3.95. The first-order valence-corrected chi connectivity index (χ1v) is 3.95. The molecule has 0 aromatic carbocycles. The maximum atomic E-state index is 10.3. The summed E-state index contributed by atoms with van der Waals surface area (Å²) in [6.45, 7) is 10.8. The Morgan fingerprint density at radius 2 is 2.00 bits per heavy atom. The summed E-state index contributed by atoms with van der Waals surface area (Å²) in [5, 5.41) is 11.5. The topological polar surface area (TPSA) is 49.3 Å². The zero-order valence-corrected chi connectivity index (χ0v) is 7.98. The molecule has 0 heterocycles. The summed E-state index contributed by atoms with van der Waals surface area (Å²) in [6, 6.07) is 0. The van der Waals surface area contributed by atoms with Gasteiger partial charge >= 0.3 is 5.97 Å².